The van der Waals surface area contributed by atoms with E-state index in [2.05, 4.69) is 37.0 Å². The summed E-state index contributed by atoms with van der Waals surface area (Å²) in [5.41, 5.74) is 5.70. The van der Waals surface area contributed by atoms with Gasteiger partial charge in [0.1, 0.15) is 0 Å². The van der Waals surface area contributed by atoms with E-state index in [9.17, 15) is 5.11 Å². The molecule has 1 unspecified atom stereocenters. The Morgan fingerprint density at radius 1 is 1.06 bits per heavy atom. The molecular weight excluding hydrogens is 222 g/mol. The van der Waals surface area contributed by atoms with Crippen LogP contribution in [0.25, 0.3) is 0 Å². The van der Waals surface area contributed by atoms with Crippen molar-refractivity contribution in [1.82, 2.24) is 4.98 Å². The first kappa shape index (κ1) is 12.8. The highest BCUT2D eigenvalue weighted by Crippen LogP contribution is 2.24. The molecule has 0 bridgehead atoms. The van der Waals surface area contributed by atoms with Crippen molar-refractivity contribution >= 4 is 0 Å². The van der Waals surface area contributed by atoms with Gasteiger partial charge in [0.2, 0.25) is 0 Å². The van der Waals surface area contributed by atoms with Crippen LogP contribution in [0.1, 0.15) is 33.9 Å². The first-order chi connectivity index (χ1) is 8.59. The van der Waals surface area contributed by atoms with E-state index in [1.807, 2.05) is 13.0 Å². The third-order valence-corrected chi connectivity index (χ3v) is 3.48. The number of aryl methyl sites for hydroxylation is 3. The summed E-state index contributed by atoms with van der Waals surface area (Å²) < 4.78 is 0. The number of hydrogen-bond donors (Lipinski definition) is 1. The summed E-state index contributed by atoms with van der Waals surface area (Å²) in [4.78, 5) is 4.09. The smallest absolute Gasteiger partial charge is 0.0847 e. The fourth-order valence-corrected chi connectivity index (χ4v) is 2.30. The van der Waals surface area contributed by atoms with Gasteiger partial charge in [0.25, 0.3) is 0 Å². The predicted molar refractivity (Wildman–Crippen MR) is 73.6 cm³/mol. The monoisotopic (exact) mass is 241 g/mol. The molecule has 2 aromatic rings. The van der Waals surface area contributed by atoms with Crippen molar-refractivity contribution in [1.29, 1.82) is 0 Å². The number of benzene rings is 1. The Bertz CT molecular complexity index is 528. The molecular formula is C16H19NO. The van der Waals surface area contributed by atoms with Crippen molar-refractivity contribution in [2.45, 2.75) is 33.3 Å². The predicted octanol–water partition coefficient (Wildman–Crippen LogP) is 3.28. The van der Waals surface area contributed by atoms with Gasteiger partial charge in [0.05, 0.1) is 6.10 Å². The van der Waals surface area contributed by atoms with E-state index in [-0.39, 0.29) is 0 Å². The molecule has 0 saturated carbocycles. The normalized spacial score (nSPS) is 12.4. The zero-order chi connectivity index (χ0) is 13.1. The zero-order valence-electron chi connectivity index (χ0n) is 11.1. The lowest BCUT2D eigenvalue weighted by Crippen LogP contribution is -2.06. The third kappa shape index (κ3) is 2.59. The molecule has 94 valence electrons. The molecule has 0 spiro atoms. The Morgan fingerprint density at radius 2 is 1.72 bits per heavy atom. The maximum Gasteiger partial charge on any atom is 0.0847 e. The number of pyridine rings is 1. The minimum Gasteiger partial charge on any atom is -0.388 e. The maximum absolute atomic E-state index is 10.4. The first-order valence-electron chi connectivity index (χ1n) is 6.23. The number of aromatic nitrogens is 1. The van der Waals surface area contributed by atoms with Gasteiger partial charge in [-0.15, -0.1) is 0 Å². The fraction of sp³-hybridized carbons (Fsp3) is 0.312. The summed E-state index contributed by atoms with van der Waals surface area (Å²) in [5.74, 6) is 0. The van der Waals surface area contributed by atoms with Crippen molar-refractivity contribution in [2.75, 3.05) is 0 Å². The Labute approximate surface area is 108 Å². The number of aliphatic hydroxyl groups is 1. The SMILES string of the molecule is Cc1ccncc1C(O)Cc1c(C)cccc1C. The highest BCUT2D eigenvalue weighted by Gasteiger charge is 2.13. The van der Waals surface area contributed by atoms with Crippen LogP contribution in [0.2, 0.25) is 0 Å². The fourth-order valence-electron chi connectivity index (χ4n) is 2.30. The largest absolute Gasteiger partial charge is 0.388 e. The van der Waals surface area contributed by atoms with Crippen LogP contribution in [-0.4, -0.2) is 10.1 Å². The maximum atomic E-state index is 10.4. The molecule has 0 fully saturated rings. The van der Waals surface area contributed by atoms with Gasteiger partial charge in [0, 0.05) is 24.4 Å². The second kappa shape index (κ2) is 5.32. The summed E-state index contributed by atoms with van der Waals surface area (Å²) in [6.45, 7) is 6.18. The van der Waals surface area contributed by atoms with E-state index < -0.39 is 6.10 Å². The Hall–Kier alpha value is -1.67. The standard InChI is InChI=1S/C16H19NO/c1-11-5-4-6-12(2)14(11)9-16(18)15-10-17-8-7-13(15)3/h4-8,10,16,18H,9H2,1-3H3. The van der Waals surface area contributed by atoms with E-state index >= 15 is 0 Å². The molecule has 0 aliphatic carbocycles. The number of nitrogens with zero attached hydrogens (tertiary/aromatic N) is 1. The summed E-state index contributed by atoms with van der Waals surface area (Å²) in [7, 11) is 0. The quantitative estimate of drug-likeness (QED) is 0.894. The van der Waals surface area contributed by atoms with Gasteiger partial charge in [-0.05, 0) is 49.1 Å². The number of rotatable bonds is 3. The summed E-state index contributed by atoms with van der Waals surface area (Å²) in [6.07, 6.45) is 3.67. The van der Waals surface area contributed by atoms with Crippen molar-refractivity contribution in [3.05, 3.63) is 64.5 Å². The van der Waals surface area contributed by atoms with Crippen LogP contribution in [0.5, 0.6) is 0 Å². The second-order valence-electron chi connectivity index (χ2n) is 4.82. The molecule has 0 saturated heterocycles. The van der Waals surface area contributed by atoms with E-state index in [0.717, 1.165) is 11.1 Å². The molecule has 1 aromatic heterocycles. The second-order valence-corrected chi connectivity index (χ2v) is 4.82. The van der Waals surface area contributed by atoms with Crippen LogP contribution < -0.4 is 0 Å². The van der Waals surface area contributed by atoms with Gasteiger partial charge in [-0.2, -0.15) is 0 Å². The van der Waals surface area contributed by atoms with Crippen molar-refractivity contribution in [2.24, 2.45) is 0 Å². The number of hydrogen-bond acceptors (Lipinski definition) is 2. The van der Waals surface area contributed by atoms with Gasteiger partial charge in [0.15, 0.2) is 0 Å². The van der Waals surface area contributed by atoms with Crippen LogP contribution in [-0.2, 0) is 6.42 Å². The molecule has 1 aromatic carbocycles. The van der Waals surface area contributed by atoms with Crippen LogP contribution in [0.4, 0.5) is 0 Å². The molecule has 1 heterocycles. The molecule has 0 radical (unpaired) electrons. The van der Waals surface area contributed by atoms with E-state index in [1.54, 1.807) is 12.4 Å². The molecule has 1 atom stereocenters. The third-order valence-electron chi connectivity index (χ3n) is 3.48. The lowest BCUT2D eigenvalue weighted by atomic mass is 9.94. The van der Waals surface area contributed by atoms with Crippen LogP contribution in [0.3, 0.4) is 0 Å². The van der Waals surface area contributed by atoms with Gasteiger partial charge < -0.3 is 5.11 Å². The van der Waals surface area contributed by atoms with Crippen molar-refractivity contribution < 1.29 is 5.11 Å². The first-order valence-corrected chi connectivity index (χ1v) is 6.23. The summed E-state index contributed by atoms with van der Waals surface area (Å²) in [6, 6.07) is 8.16. The van der Waals surface area contributed by atoms with Gasteiger partial charge >= 0.3 is 0 Å². The molecule has 0 aliphatic heterocycles. The van der Waals surface area contributed by atoms with Gasteiger partial charge in [-0.25, -0.2) is 0 Å². The minimum absolute atomic E-state index is 0.488. The molecule has 2 nitrogen and oxygen atoms in total. The van der Waals surface area contributed by atoms with Crippen molar-refractivity contribution in [3.8, 4) is 0 Å². The number of aliphatic hydroxyl groups excluding tert-OH is 1. The summed E-state index contributed by atoms with van der Waals surface area (Å²) >= 11 is 0. The Balaban J connectivity index is 2.27. The lowest BCUT2D eigenvalue weighted by molar-refractivity contribution is 0.177. The molecule has 1 N–H and O–H groups in total. The summed E-state index contributed by atoms with van der Waals surface area (Å²) in [5, 5.41) is 10.4. The average molecular weight is 241 g/mol. The van der Waals surface area contributed by atoms with E-state index in [4.69, 9.17) is 0 Å². The Kier molecular flexibility index (Phi) is 3.78. The average Bonchev–Trinajstić information content (AvgIpc) is 2.34. The molecule has 18 heavy (non-hydrogen) atoms. The minimum atomic E-state index is -0.488. The van der Waals surface area contributed by atoms with Crippen LogP contribution in [0, 0.1) is 20.8 Å². The molecule has 2 rings (SSSR count). The Morgan fingerprint density at radius 3 is 2.33 bits per heavy atom. The van der Waals surface area contributed by atoms with Gasteiger partial charge in [-0.1, -0.05) is 18.2 Å². The van der Waals surface area contributed by atoms with Crippen LogP contribution >= 0.6 is 0 Å². The van der Waals surface area contributed by atoms with Gasteiger partial charge in [-0.3, -0.25) is 4.98 Å². The molecule has 0 amide bonds. The molecule has 0 aliphatic rings. The van der Waals surface area contributed by atoms with E-state index in [1.165, 1.54) is 16.7 Å². The lowest BCUT2D eigenvalue weighted by Gasteiger charge is -2.16. The molecule has 2 heteroatoms. The highest BCUT2D eigenvalue weighted by molar-refractivity contribution is 5.35. The van der Waals surface area contributed by atoms with Crippen LogP contribution in [0.15, 0.2) is 36.7 Å². The highest BCUT2D eigenvalue weighted by atomic mass is 16.3. The van der Waals surface area contributed by atoms with Crippen molar-refractivity contribution in [3.63, 3.8) is 0 Å². The van der Waals surface area contributed by atoms with E-state index in [0.29, 0.717) is 6.42 Å². The zero-order valence-corrected chi connectivity index (χ0v) is 11.1. The topological polar surface area (TPSA) is 33.1 Å².